The molecule has 2 aromatic carbocycles. The number of aromatic nitrogens is 3. The third-order valence-electron chi connectivity index (χ3n) is 4.36. The summed E-state index contributed by atoms with van der Waals surface area (Å²) in [5.41, 5.74) is 2.75. The molecule has 0 saturated carbocycles. The van der Waals surface area contributed by atoms with Gasteiger partial charge in [-0.1, -0.05) is 42.1 Å². The summed E-state index contributed by atoms with van der Waals surface area (Å²) in [5, 5.41) is 9.51. The Balaban J connectivity index is 1.59. The minimum absolute atomic E-state index is 0.00360. The van der Waals surface area contributed by atoms with E-state index in [1.165, 1.54) is 0 Å². The van der Waals surface area contributed by atoms with Crippen LogP contribution < -0.4 is 0 Å². The van der Waals surface area contributed by atoms with Gasteiger partial charge in [0.2, 0.25) is 5.82 Å². The number of nitrogens with zero attached hydrogens (tertiary/aromatic N) is 4. The van der Waals surface area contributed by atoms with Crippen molar-refractivity contribution >= 4 is 17.7 Å². The molecule has 2 aromatic heterocycles. The fourth-order valence-electron chi connectivity index (χ4n) is 2.89. The summed E-state index contributed by atoms with van der Waals surface area (Å²) in [6.45, 7) is 0. The molecule has 146 valence electrons. The van der Waals surface area contributed by atoms with E-state index in [0.717, 1.165) is 16.4 Å². The number of thioether (sulfide) groups is 1. The summed E-state index contributed by atoms with van der Waals surface area (Å²) in [6, 6.07) is 21.3. The van der Waals surface area contributed by atoms with Gasteiger partial charge in [0.05, 0.1) is 6.26 Å². The first kappa shape index (κ1) is 19.0. The Bertz CT molecular complexity index is 1090. The van der Waals surface area contributed by atoms with Crippen molar-refractivity contribution in [1.82, 2.24) is 19.7 Å². The highest BCUT2D eigenvalue weighted by atomic mass is 32.2. The number of hydrogen-bond donors (Lipinski definition) is 0. The van der Waals surface area contributed by atoms with E-state index in [4.69, 9.17) is 4.42 Å². The standard InChI is InChI=1S/C22H20N4O2S/c1-25(2)21(27)17-12-10-16(11-13-17)15-29-22-24-23-20(19-9-6-14-28-19)26(22)18-7-4-3-5-8-18/h3-14H,15H2,1-2H3. The lowest BCUT2D eigenvalue weighted by Crippen LogP contribution is -2.21. The van der Waals surface area contributed by atoms with Crippen molar-refractivity contribution in [3.8, 4) is 17.3 Å². The summed E-state index contributed by atoms with van der Waals surface area (Å²) < 4.78 is 7.54. The third kappa shape index (κ3) is 4.09. The molecule has 0 aliphatic carbocycles. The lowest BCUT2D eigenvalue weighted by molar-refractivity contribution is 0.0827. The van der Waals surface area contributed by atoms with Crippen molar-refractivity contribution in [2.75, 3.05) is 14.1 Å². The van der Waals surface area contributed by atoms with Crippen LogP contribution in [-0.4, -0.2) is 39.7 Å². The third-order valence-corrected chi connectivity index (χ3v) is 5.36. The Morgan fingerprint density at radius 3 is 2.41 bits per heavy atom. The molecule has 0 bridgehead atoms. The molecule has 0 fully saturated rings. The SMILES string of the molecule is CN(C)C(=O)c1ccc(CSc2nnc(-c3ccco3)n2-c2ccccc2)cc1. The number of hydrogen-bond acceptors (Lipinski definition) is 5. The second kappa shape index (κ2) is 8.36. The van der Waals surface area contributed by atoms with Crippen molar-refractivity contribution in [2.45, 2.75) is 10.9 Å². The quantitative estimate of drug-likeness (QED) is 0.442. The first-order valence-electron chi connectivity index (χ1n) is 9.11. The average molecular weight is 404 g/mol. The van der Waals surface area contributed by atoms with Crippen LogP contribution >= 0.6 is 11.8 Å². The maximum atomic E-state index is 12.0. The lowest BCUT2D eigenvalue weighted by Gasteiger charge is -2.11. The molecule has 2 heterocycles. The molecule has 0 atom stereocenters. The Morgan fingerprint density at radius 2 is 1.76 bits per heavy atom. The van der Waals surface area contributed by atoms with E-state index >= 15 is 0 Å². The predicted octanol–water partition coefficient (Wildman–Crippen LogP) is 4.52. The number of carbonyl (C=O) groups excluding carboxylic acids is 1. The zero-order chi connectivity index (χ0) is 20.2. The van der Waals surface area contributed by atoms with Crippen molar-refractivity contribution in [3.05, 3.63) is 84.1 Å². The van der Waals surface area contributed by atoms with Crippen LogP contribution in [0.1, 0.15) is 15.9 Å². The zero-order valence-corrected chi connectivity index (χ0v) is 17.0. The van der Waals surface area contributed by atoms with E-state index in [0.29, 0.717) is 22.9 Å². The maximum absolute atomic E-state index is 12.0. The highest BCUT2D eigenvalue weighted by molar-refractivity contribution is 7.98. The second-order valence-electron chi connectivity index (χ2n) is 6.64. The van der Waals surface area contributed by atoms with E-state index in [-0.39, 0.29) is 5.91 Å². The number of rotatable bonds is 6. The van der Waals surface area contributed by atoms with Gasteiger partial charge in [-0.3, -0.25) is 9.36 Å². The number of para-hydroxylation sites is 1. The van der Waals surface area contributed by atoms with Gasteiger partial charge < -0.3 is 9.32 Å². The van der Waals surface area contributed by atoms with E-state index in [2.05, 4.69) is 10.2 Å². The van der Waals surface area contributed by atoms with Crippen molar-refractivity contribution in [1.29, 1.82) is 0 Å². The Kier molecular flexibility index (Phi) is 5.48. The largest absolute Gasteiger partial charge is 0.461 e. The molecule has 7 heteroatoms. The van der Waals surface area contributed by atoms with E-state index in [1.54, 1.807) is 37.0 Å². The molecular weight excluding hydrogens is 384 g/mol. The van der Waals surface area contributed by atoms with Gasteiger partial charge in [-0.25, -0.2) is 0 Å². The summed E-state index contributed by atoms with van der Waals surface area (Å²) >= 11 is 1.59. The maximum Gasteiger partial charge on any atom is 0.253 e. The molecule has 4 rings (SSSR count). The van der Waals surface area contributed by atoms with Crippen LogP contribution in [0.15, 0.2) is 82.6 Å². The molecule has 6 nitrogen and oxygen atoms in total. The fourth-order valence-corrected chi connectivity index (χ4v) is 3.80. The molecule has 1 amide bonds. The van der Waals surface area contributed by atoms with E-state index in [1.807, 2.05) is 71.3 Å². The molecule has 0 spiro atoms. The normalized spacial score (nSPS) is 10.8. The van der Waals surface area contributed by atoms with Crippen LogP contribution in [-0.2, 0) is 5.75 Å². The van der Waals surface area contributed by atoms with Gasteiger partial charge in [0.15, 0.2) is 10.9 Å². The number of furan rings is 1. The highest BCUT2D eigenvalue weighted by Gasteiger charge is 2.18. The smallest absolute Gasteiger partial charge is 0.253 e. The lowest BCUT2D eigenvalue weighted by atomic mass is 10.1. The molecule has 0 unspecified atom stereocenters. The van der Waals surface area contributed by atoms with Crippen LogP contribution in [0.2, 0.25) is 0 Å². The van der Waals surface area contributed by atoms with E-state index < -0.39 is 0 Å². The molecule has 0 aliphatic heterocycles. The molecule has 0 radical (unpaired) electrons. The van der Waals surface area contributed by atoms with E-state index in [9.17, 15) is 4.79 Å². The number of carbonyl (C=O) groups is 1. The second-order valence-corrected chi connectivity index (χ2v) is 7.58. The number of benzene rings is 2. The predicted molar refractivity (Wildman–Crippen MR) is 113 cm³/mol. The summed E-state index contributed by atoms with van der Waals surface area (Å²) in [5.74, 6) is 2.03. The van der Waals surface area contributed by atoms with Gasteiger partial charge in [-0.15, -0.1) is 10.2 Å². The van der Waals surface area contributed by atoms with Crippen LogP contribution in [0.3, 0.4) is 0 Å². The molecule has 4 aromatic rings. The summed E-state index contributed by atoms with van der Waals surface area (Å²) in [7, 11) is 3.50. The Hall–Kier alpha value is -3.32. The Labute approximate surface area is 173 Å². The van der Waals surface area contributed by atoms with Gasteiger partial charge >= 0.3 is 0 Å². The first-order chi connectivity index (χ1) is 14.1. The molecule has 0 saturated heterocycles. The fraction of sp³-hybridized carbons (Fsp3) is 0.136. The van der Waals surface area contributed by atoms with Gasteiger partial charge in [0.25, 0.3) is 5.91 Å². The minimum Gasteiger partial charge on any atom is -0.461 e. The zero-order valence-electron chi connectivity index (χ0n) is 16.1. The summed E-state index contributed by atoms with van der Waals surface area (Å²) in [4.78, 5) is 13.6. The molecule has 0 aliphatic rings. The first-order valence-corrected chi connectivity index (χ1v) is 10.1. The Morgan fingerprint density at radius 1 is 1.00 bits per heavy atom. The monoisotopic (exact) mass is 404 g/mol. The van der Waals surface area contributed by atoms with Crippen molar-refractivity contribution in [3.63, 3.8) is 0 Å². The van der Waals surface area contributed by atoms with Gasteiger partial charge in [-0.05, 0) is 42.0 Å². The highest BCUT2D eigenvalue weighted by Crippen LogP contribution is 2.30. The molecule has 0 N–H and O–H groups in total. The van der Waals surface area contributed by atoms with Gasteiger partial charge in [0, 0.05) is 31.1 Å². The number of amides is 1. The van der Waals surface area contributed by atoms with Crippen LogP contribution in [0.25, 0.3) is 17.3 Å². The minimum atomic E-state index is -0.00360. The van der Waals surface area contributed by atoms with Crippen LogP contribution in [0.4, 0.5) is 0 Å². The van der Waals surface area contributed by atoms with Crippen LogP contribution in [0.5, 0.6) is 0 Å². The van der Waals surface area contributed by atoms with Crippen molar-refractivity contribution < 1.29 is 9.21 Å². The molecular formula is C22H20N4O2S. The average Bonchev–Trinajstić information content (AvgIpc) is 3.42. The van der Waals surface area contributed by atoms with Gasteiger partial charge in [0.1, 0.15) is 0 Å². The van der Waals surface area contributed by atoms with Crippen molar-refractivity contribution in [2.24, 2.45) is 0 Å². The topological polar surface area (TPSA) is 64.2 Å². The van der Waals surface area contributed by atoms with Gasteiger partial charge in [-0.2, -0.15) is 0 Å². The molecule has 29 heavy (non-hydrogen) atoms. The van der Waals surface area contributed by atoms with Crippen LogP contribution in [0, 0.1) is 0 Å². The summed E-state index contributed by atoms with van der Waals surface area (Å²) in [6.07, 6.45) is 1.63.